The van der Waals surface area contributed by atoms with Crippen molar-refractivity contribution in [3.8, 4) is 17.2 Å². The second kappa shape index (κ2) is 16.5. The largest absolute Gasteiger partial charge is 0.493 e. The van der Waals surface area contributed by atoms with Gasteiger partial charge in [0.1, 0.15) is 11.8 Å². The topological polar surface area (TPSA) is 125 Å². The summed E-state index contributed by atoms with van der Waals surface area (Å²) in [7, 11) is 1.47. The first kappa shape index (κ1) is 33.4. The van der Waals surface area contributed by atoms with Crippen LogP contribution in [0.2, 0.25) is 10.0 Å². The van der Waals surface area contributed by atoms with Crippen molar-refractivity contribution in [3.05, 3.63) is 49.5 Å². The zero-order valence-corrected chi connectivity index (χ0v) is 26.4. The third-order valence-corrected chi connectivity index (χ3v) is 6.52. The van der Waals surface area contributed by atoms with Crippen molar-refractivity contribution in [2.75, 3.05) is 20.3 Å². The number of esters is 1. The maximum Gasteiger partial charge on any atom is 0.344 e. The van der Waals surface area contributed by atoms with E-state index < -0.39 is 29.9 Å². The Bertz CT molecular complexity index is 1230. The van der Waals surface area contributed by atoms with E-state index in [1.165, 1.54) is 19.4 Å². The number of amides is 2. The molecule has 0 aliphatic heterocycles. The van der Waals surface area contributed by atoms with Gasteiger partial charge in [-0.05, 0) is 84.7 Å². The molecule has 10 nitrogen and oxygen atoms in total. The molecule has 2 atom stereocenters. The van der Waals surface area contributed by atoms with Crippen LogP contribution in [-0.2, 0) is 19.1 Å². The van der Waals surface area contributed by atoms with E-state index in [1.54, 1.807) is 38.1 Å². The van der Waals surface area contributed by atoms with E-state index in [1.807, 2.05) is 36.4 Å². The summed E-state index contributed by atoms with van der Waals surface area (Å²) >= 11 is 14.1. The van der Waals surface area contributed by atoms with Crippen LogP contribution in [0.15, 0.2) is 35.4 Å². The lowest BCUT2D eigenvalue weighted by Crippen LogP contribution is -2.49. The van der Waals surface area contributed by atoms with Gasteiger partial charge in [0, 0.05) is 5.02 Å². The van der Waals surface area contributed by atoms with Crippen LogP contribution in [-0.4, -0.2) is 56.5 Å². The lowest BCUT2D eigenvalue weighted by Gasteiger charge is -2.22. The maximum atomic E-state index is 12.9. The second-order valence-electron chi connectivity index (χ2n) is 8.89. The molecule has 0 fully saturated rings. The third kappa shape index (κ3) is 10.7. The zero-order chi connectivity index (χ0) is 29.8. The minimum absolute atomic E-state index is 0.106. The highest BCUT2D eigenvalue weighted by molar-refractivity contribution is 14.1. The van der Waals surface area contributed by atoms with Gasteiger partial charge in [-0.15, -0.1) is 0 Å². The number of halogens is 3. The molecule has 2 amide bonds. The van der Waals surface area contributed by atoms with E-state index in [0.717, 1.165) is 0 Å². The lowest BCUT2D eigenvalue weighted by molar-refractivity contribution is -0.145. The minimum Gasteiger partial charge on any atom is -0.493 e. The van der Waals surface area contributed by atoms with E-state index in [4.69, 9.17) is 42.1 Å². The molecule has 0 aromatic heterocycles. The molecule has 0 unspecified atom stereocenters. The third-order valence-electron chi connectivity index (χ3n) is 5.19. The number of nitrogens with zero attached hydrogens (tertiary/aromatic N) is 1. The summed E-state index contributed by atoms with van der Waals surface area (Å²) in [5, 5.41) is 7.47. The smallest absolute Gasteiger partial charge is 0.344 e. The highest BCUT2D eigenvalue weighted by atomic mass is 127. The van der Waals surface area contributed by atoms with Crippen molar-refractivity contribution in [2.45, 2.75) is 46.3 Å². The van der Waals surface area contributed by atoms with Gasteiger partial charge in [0.05, 0.1) is 28.5 Å². The highest BCUT2D eigenvalue weighted by Crippen LogP contribution is 2.33. The summed E-state index contributed by atoms with van der Waals surface area (Å²) in [4.78, 5) is 37.4. The molecule has 0 aliphatic carbocycles. The highest BCUT2D eigenvalue weighted by Gasteiger charge is 2.25. The number of hydrogen-bond donors (Lipinski definition) is 2. The van der Waals surface area contributed by atoms with Crippen LogP contribution in [0.5, 0.6) is 17.2 Å². The van der Waals surface area contributed by atoms with E-state index in [-0.39, 0.29) is 24.2 Å². The Balaban J connectivity index is 2.06. The average molecular weight is 708 g/mol. The predicted molar refractivity (Wildman–Crippen MR) is 162 cm³/mol. The van der Waals surface area contributed by atoms with Crippen LogP contribution in [0.3, 0.4) is 0 Å². The molecule has 0 bridgehead atoms. The summed E-state index contributed by atoms with van der Waals surface area (Å²) < 4.78 is 22.1. The summed E-state index contributed by atoms with van der Waals surface area (Å²) in [6, 6.07) is 7.21. The van der Waals surface area contributed by atoms with Crippen LogP contribution in [0.1, 0.15) is 39.7 Å². The first-order chi connectivity index (χ1) is 18.9. The number of hydrazone groups is 1. The van der Waals surface area contributed by atoms with Gasteiger partial charge in [-0.2, -0.15) is 5.10 Å². The maximum absolute atomic E-state index is 12.9. The Morgan fingerprint density at radius 2 is 1.80 bits per heavy atom. The molecule has 218 valence electrons. The number of carbonyl (C=O) groups is 3. The predicted octanol–water partition coefficient (Wildman–Crippen LogP) is 5.00. The number of nitrogens with one attached hydrogen (secondary N) is 2. The molecule has 2 rings (SSSR count). The molecular formula is C27H32Cl2IN3O7. The van der Waals surface area contributed by atoms with E-state index in [9.17, 15) is 14.4 Å². The van der Waals surface area contributed by atoms with Gasteiger partial charge in [-0.25, -0.2) is 10.2 Å². The van der Waals surface area contributed by atoms with Gasteiger partial charge in [0.2, 0.25) is 0 Å². The normalized spacial score (nSPS) is 12.5. The molecule has 2 aromatic carbocycles. The molecule has 40 heavy (non-hydrogen) atoms. The fourth-order valence-corrected chi connectivity index (χ4v) is 4.58. The van der Waals surface area contributed by atoms with Gasteiger partial charge < -0.3 is 24.3 Å². The van der Waals surface area contributed by atoms with Gasteiger partial charge in [0.25, 0.3) is 11.8 Å². The molecule has 0 spiro atoms. The van der Waals surface area contributed by atoms with Crippen LogP contribution in [0.4, 0.5) is 0 Å². The van der Waals surface area contributed by atoms with Crippen molar-refractivity contribution in [1.82, 2.24) is 10.7 Å². The second-order valence-corrected chi connectivity index (χ2v) is 10.9. The van der Waals surface area contributed by atoms with E-state index in [0.29, 0.717) is 37.8 Å². The van der Waals surface area contributed by atoms with Gasteiger partial charge >= 0.3 is 5.97 Å². The number of hydrogen-bond acceptors (Lipinski definition) is 8. The molecule has 0 aliphatic rings. The molecular weight excluding hydrogens is 676 g/mol. The van der Waals surface area contributed by atoms with Crippen molar-refractivity contribution >= 4 is 69.8 Å². The van der Waals surface area contributed by atoms with Crippen molar-refractivity contribution in [1.29, 1.82) is 0 Å². The minimum atomic E-state index is -0.927. The number of ether oxygens (including phenoxy) is 4. The lowest BCUT2D eigenvalue weighted by atomic mass is 10.0. The quantitative estimate of drug-likeness (QED) is 0.123. The Kier molecular flexibility index (Phi) is 13.8. The molecule has 0 saturated carbocycles. The van der Waals surface area contributed by atoms with Gasteiger partial charge in [-0.1, -0.05) is 37.0 Å². The Morgan fingerprint density at radius 1 is 1.07 bits per heavy atom. The fourth-order valence-electron chi connectivity index (χ4n) is 3.34. The Hall–Kier alpha value is -2.77. The van der Waals surface area contributed by atoms with Gasteiger partial charge in [0.15, 0.2) is 24.2 Å². The molecule has 13 heteroatoms. The van der Waals surface area contributed by atoms with Crippen molar-refractivity contribution in [2.24, 2.45) is 11.0 Å². The van der Waals surface area contributed by atoms with Crippen LogP contribution < -0.4 is 25.0 Å². The standard InChI is InChI=1S/C27H32Cl2IN3O7/c1-6-38-24(34)14-39-25-20(30)10-17(11-23(25)37-5)13-31-33-27(36)21(9-15(2)3)32-26(35)16(4)40-22-8-7-18(28)12-19(22)29/h7-8,10-13,15-16,21H,6,9,14H2,1-5H3,(H,32,35)(H,33,36)/b31-13-/t16-,21+/m0/s1. The Labute approximate surface area is 257 Å². The number of methoxy groups -OCH3 is 1. The summed E-state index contributed by atoms with van der Waals surface area (Å²) in [5.74, 6) is -0.316. The van der Waals surface area contributed by atoms with Crippen LogP contribution in [0.25, 0.3) is 0 Å². The van der Waals surface area contributed by atoms with Crippen molar-refractivity contribution < 1.29 is 33.3 Å². The van der Waals surface area contributed by atoms with Gasteiger partial charge in [-0.3, -0.25) is 9.59 Å². The molecule has 0 saturated heterocycles. The first-order valence-electron chi connectivity index (χ1n) is 12.4. The molecule has 0 heterocycles. The number of benzene rings is 2. The van der Waals surface area contributed by atoms with Crippen molar-refractivity contribution in [3.63, 3.8) is 0 Å². The van der Waals surface area contributed by atoms with E-state index in [2.05, 4.69) is 15.8 Å². The monoisotopic (exact) mass is 707 g/mol. The zero-order valence-electron chi connectivity index (χ0n) is 22.8. The molecule has 0 radical (unpaired) electrons. The van der Waals surface area contributed by atoms with Crippen LogP contribution in [0, 0.1) is 9.49 Å². The number of rotatable bonds is 14. The molecule has 2 N–H and O–H groups in total. The summed E-state index contributed by atoms with van der Waals surface area (Å²) in [6.45, 7) is 7.12. The molecule has 2 aromatic rings. The summed E-state index contributed by atoms with van der Waals surface area (Å²) in [5.41, 5.74) is 3.08. The van der Waals surface area contributed by atoms with E-state index >= 15 is 0 Å². The fraction of sp³-hybridized carbons (Fsp3) is 0.407. The SMILES string of the molecule is CCOC(=O)COc1c(I)cc(/C=N\NC(=O)[C@@H](CC(C)C)NC(=O)[C@H](C)Oc2ccc(Cl)cc2Cl)cc1OC. The Morgan fingerprint density at radius 3 is 2.42 bits per heavy atom. The summed E-state index contributed by atoms with van der Waals surface area (Å²) in [6.07, 6.45) is 0.878. The first-order valence-corrected chi connectivity index (χ1v) is 14.2. The number of carbonyl (C=O) groups excluding carboxylic acids is 3. The average Bonchev–Trinajstić information content (AvgIpc) is 2.88. The van der Waals surface area contributed by atoms with Crippen LogP contribution >= 0.6 is 45.8 Å².